The molecule has 1 aliphatic rings. The van der Waals surface area contributed by atoms with Crippen LogP contribution in [0.25, 0.3) is 0 Å². The SMILES string of the molecule is Fc1cnc(N2CCCC(COc3ccccn3)C2)nc1. The van der Waals surface area contributed by atoms with E-state index < -0.39 is 5.82 Å². The molecule has 0 saturated carbocycles. The van der Waals surface area contributed by atoms with Crippen molar-refractivity contribution in [2.45, 2.75) is 12.8 Å². The minimum atomic E-state index is -0.411. The molecule has 0 aliphatic carbocycles. The molecule has 5 nitrogen and oxygen atoms in total. The molecule has 3 rings (SSSR count). The van der Waals surface area contributed by atoms with E-state index in [1.807, 2.05) is 18.2 Å². The molecule has 2 aromatic rings. The Labute approximate surface area is 122 Å². The lowest BCUT2D eigenvalue weighted by Crippen LogP contribution is -2.38. The highest BCUT2D eigenvalue weighted by molar-refractivity contribution is 5.29. The molecule has 3 heterocycles. The molecule has 110 valence electrons. The van der Waals surface area contributed by atoms with Crippen molar-refractivity contribution in [1.82, 2.24) is 15.0 Å². The van der Waals surface area contributed by atoms with Crippen LogP contribution in [0.4, 0.5) is 10.3 Å². The van der Waals surface area contributed by atoms with Gasteiger partial charge in [-0.05, 0) is 18.9 Å². The molecule has 1 saturated heterocycles. The zero-order valence-corrected chi connectivity index (χ0v) is 11.7. The molecular formula is C15H17FN4O. The summed E-state index contributed by atoms with van der Waals surface area (Å²) in [5.41, 5.74) is 0. The first-order valence-corrected chi connectivity index (χ1v) is 7.07. The number of hydrogen-bond acceptors (Lipinski definition) is 5. The molecular weight excluding hydrogens is 271 g/mol. The van der Waals surface area contributed by atoms with Crippen LogP contribution in [-0.4, -0.2) is 34.6 Å². The topological polar surface area (TPSA) is 51.1 Å². The number of hydrogen-bond donors (Lipinski definition) is 0. The third-order valence-electron chi connectivity index (χ3n) is 3.51. The molecule has 2 aromatic heterocycles. The van der Waals surface area contributed by atoms with Crippen LogP contribution in [0.2, 0.25) is 0 Å². The van der Waals surface area contributed by atoms with Gasteiger partial charge in [0.1, 0.15) is 0 Å². The van der Waals surface area contributed by atoms with Gasteiger partial charge in [-0.25, -0.2) is 19.3 Å². The van der Waals surface area contributed by atoms with Gasteiger partial charge in [0.25, 0.3) is 0 Å². The van der Waals surface area contributed by atoms with Gasteiger partial charge < -0.3 is 9.64 Å². The van der Waals surface area contributed by atoms with Crippen LogP contribution >= 0.6 is 0 Å². The van der Waals surface area contributed by atoms with Crippen molar-refractivity contribution in [2.24, 2.45) is 5.92 Å². The maximum absolute atomic E-state index is 12.9. The summed E-state index contributed by atoms with van der Waals surface area (Å²) in [7, 11) is 0. The normalized spacial score (nSPS) is 18.5. The quantitative estimate of drug-likeness (QED) is 0.864. The van der Waals surface area contributed by atoms with E-state index in [4.69, 9.17) is 4.74 Å². The van der Waals surface area contributed by atoms with Gasteiger partial charge in [0.15, 0.2) is 5.82 Å². The maximum atomic E-state index is 12.9. The monoisotopic (exact) mass is 288 g/mol. The molecule has 0 spiro atoms. The highest BCUT2D eigenvalue weighted by Crippen LogP contribution is 2.21. The predicted molar refractivity (Wildman–Crippen MR) is 76.7 cm³/mol. The van der Waals surface area contributed by atoms with E-state index >= 15 is 0 Å². The van der Waals surface area contributed by atoms with Crippen LogP contribution < -0.4 is 9.64 Å². The van der Waals surface area contributed by atoms with Crippen molar-refractivity contribution in [3.63, 3.8) is 0 Å². The van der Waals surface area contributed by atoms with Gasteiger partial charge in [0, 0.05) is 31.3 Å². The summed E-state index contributed by atoms with van der Waals surface area (Å²) in [4.78, 5) is 14.3. The summed E-state index contributed by atoms with van der Waals surface area (Å²) in [6, 6.07) is 5.62. The molecule has 1 unspecified atom stereocenters. The van der Waals surface area contributed by atoms with E-state index in [9.17, 15) is 4.39 Å². The van der Waals surface area contributed by atoms with Gasteiger partial charge in [-0.1, -0.05) is 6.07 Å². The van der Waals surface area contributed by atoms with Crippen molar-refractivity contribution >= 4 is 5.95 Å². The number of aromatic nitrogens is 3. The highest BCUT2D eigenvalue weighted by Gasteiger charge is 2.22. The Kier molecular flexibility index (Phi) is 4.23. The molecule has 1 aliphatic heterocycles. The summed E-state index contributed by atoms with van der Waals surface area (Å²) in [5, 5.41) is 0. The first kappa shape index (κ1) is 13.7. The second kappa shape index (κ2) is 6.47. The maximum Gasteiger partial charge on any atom is 0.225 e. The van der Waals surface area contributed by atoms with Crippen LogP contribution in [0.1, 0.15) is 12.8 Å². The molecule has 0 aromatic carbocycles. The average Bonchev–Trinajstić information content (AvgIpc) is 2.55. The van der Waals surface area contributed by atoms with Gasteiger partial charge in [-0.2, -0.15) is 0 Å². The Bertz CT molecular complexity index is 564. The minimum Gasteiger partial charge on any atom is -0.477 e. The number of rotatable bonds is 4. The van der Waals surface area contributed by atoms with E-state index in [0.717, 1.165) is 25.9 Å². The van der Waals surface area contributed by atoms with Gasteiger partial charge >= 0.3 is 0 Å². The fourth-order valence-corrected chi connectivity index (χ4v) is 2.49. The standard InChI is InChI=1S/C15H17FN4O/c16-13-8-18-15(19-9-13)20-7-3-4-12(10-20)11-21-14-5-1-2-6-17-14/h1-2,5-6,8-9,12H,3-4,7,10-11H2. The van der Waals surface area contributed by atoms with E-state index in [2.05, 4.69) is 19.9 Å². The number of halogens is 1. The zero-order valence-electron chi connectivity index (χ0n) is 11.7. The van der Waals surface area contributed by atoms with Crippen LogP contribution in [0.3, 0.4) is 0 Å². The Morgan fingerprint density at radius 1 is 1.24 bits per heavy atom. The van der Waals surface area contributed by atoms with E-state index in [-0.39, 0.29) is 0 Å². The zero-order chi connectivity index (χ0) is 14.5. The van der Waals surface area contributed by atoms with E-state index in [0.29, 0.717) is 24.4 Å². The molecule has 6 heteroatoms. The lowest BCUT2D eigenvalue weighted by molar-refractivity contribution is 0.221. The molecule has 0 radical (unpaired) electrons. The van der Waals surface area contributed by atoms with Crippen LogP contribution in [-0.2, 0) is 0 Å². The van der Waals surface area contributed by atoms with E-state index in [1.54, 1.807) is 6.20 Å². The number of pyridine rings is 1. The summed E-state index contributed by atoms with van der Waals surface area (Å²) in [6.45, 7) is 2.33. The second-order valence-electron chi connectivity index (χ2n) is 5.13. The minimum absolute atomic E-state index is 0.398. The Morgan fingerprint density at radius 3 is 2.86 bits per heavy atom. The number of ether oxygens (including phenoxy) is 1. The molecule has 0 bridgehead atoms. The highest BCUT2D eigenvalue weighted by atomic mass is 19.1. The lowest BCUT2D eigenvalue weighted by Gasteiger charge is -2.32. The number of nitrogens with zero attached hydrogens (tertiary/aromatic N) is 4. The Morgan fingerprint density at radius 2 is 2.10 bits per heavy atom. The third-order valence-corrected chi connectivity index (χ3v) is 3.51. The fraction of sp³-hybridized carbons (Fsp3) is 0.400. The summed E-state index contributed by atoms with van der Waals surface area (Å²) < 4.78 is 18.6. The first-order chi connectivity index (χ1) is 10.3. The summed E-state index contributed by atoms with van der Waals surface area (Å²) in [5.74, 6) is 1.21. The molecule has 0 N–H and O–H groups in total. The Balaban J connectivity index is 1.57. The van der Waals surface area contributed by atoms with Crippen LogP contribution in [0.15, 0.2) is 36.8 Å². The van der Waals surface area contributed by atoms with Gasteiger partial charge in [-0.15, -0.1) is 0 Å². The molecule has 0 amide bonds. The number of piperidine rings is 1. The van der Waals surface area contributed by atoms with Crippen molar-refractivity contribution in [1.29, 1.82) is 0 Å². The van der Waals surface area contributed by atoms with Gasteiger partial charge in [-0.3, -0.25) is 0 Å². The average molecular weight is 288 g/mol. The van der Waals surface area contributed by atoms with E-state index in [1.165, 1.54) is 12.4 Å². The van der Waals surface area contributed by atoms with Crippen LogP contribution in [0.5, 0.6) is 5.88 Å². The van der Waals surface area contributed by atoms with Crippen molar-refractivity contribution < 1.29 is 9.13 Å². The largest absolute Gasteiger partial charge is 0.477 e. The Hall–Kier alpha value is -2.24. The molecule has 21 heavy (non-hydrogen) atoms. The predicted octanol–water partition coefficient (Wildman–Crippen LogP) is 2.31. The lowest BCUT2D eigenvalue weighted by atomic mass is 9.99. The molecule has 1 atom stereocenters. The molecule has 1 fully saturated rings. The third kappa shape index (κ3) is 3.65. The van der Waals surface area contributed by atoms with Crippen molar-refractivity contribution in [3.05, 3.63) is 42.6 Å². The van der Waals surface area contributed by atoms with Crippen molar-refractivity contribution in [2.75, 3.05) is 24.6 Å². The second-order valence-corrected chi connectivity index (χ2v) is 5.13. The summed E-state index contributed by atoms with van der Waals surface area (Å²) >= 11 is 0. The van der Waals surface area contributed by atoms with Gasteiger partial charge in [0.2, 0.25) is 11.8 Å². The number of anilines is 1. The fourth-order valence-electron chi connectivity index (χ4n) is 2.49. The van der Waals surface area contributed by atoms with Crippen molar-refractivity contribution in [3.8, 4) is 5.88 Å². The summed E-state index contributed by atoms with van der Waals surface area (Å²) in [6.07, 6.45) is 6.28. The van der Waals surface area contributed by atoms with Crippen LogP contribution in [0, 0.1) is 11.7 Å². The van der Waals surface area contributed by atoms with Gasteiger partial charge in [0.05, 0.1) is 19.0 Å². The first-order valence-electron chi connectivity index (χ1n) is 7.07. The smallest absolute Gasteiger partial charge is 0.225 e.